The second kappa shape index (κ2) is 5.53. The standard InChI is InChI=1S/C13H15NO4/c15-10-7-5-9(6-8-10)3-1-2-4-11-12(16)14-13(17)18-11/h5-8,11,15H,1-4H2,(H,14,16,17)/t11-/m0/s1. The molecule has 0 bridgehead atoms. The molecule has 2 N–H and O–H groups in total. The number of cyclic esters (lactones) is 1. The van der Waals surface area contributed by atoms with Crippen molar-refractivity contribution in [3.8, 4) is 5.75 Å². The van der Waals surface area contributed by atoms with Gasteiger partial charge in [-0.2, -0.15) is 0 Å². The van der Waals surface area contributed by atoms with E-state index in [1.54, 1.807) is 12.1 Å². The molecule has 1 fully saturated rings. The van der Waals surface area contributed by atoms with E-state index in [4.69, 9.17) is 9.84 Å². The van der Waals surface area contributed by atoms with E-state index in [1.165, 1.54) is 0 Å². The Balaban J connectivity index is 1.68. The topological polar surface area (TPSA) is 75.6 Å². The number of hydrogen-bond donors (Lipinski definition) is 2. The predicted molar refractivity (Wildman–Crippen MR) is 64.1 cm³/mol. The monoisotopic (exact) mass is 249 g/mol. The molecular formula is C13H15NO4. The van der Waals surface area contributed by atoms with Gasteiger partial charge in [0.15, 0.2) is 6.10 Å². The Morgan fingerprint density at radius 3 is 2.50 bits per heavy atom. The third kappa shape index (κ3) is 3.23. The SMILES string of the molecule is O=C1NC(=O)[C@H](CCCCc2ccc(O)cc2)O1. The molecule has 0 radical (unpaired) electrons. The number of benzene rings is 1. The summed E-state index contributed by atoms with van der Waals surface area (Å²) in [4.78, 5) is 22.0. The molecular weight excluding hydrogens is 234 g/mol. The molecule has 1 aromatic rings. The van der Waals surface area contributed by atoms with Gasteiger partial charge in [-0.15, -0.1) is 0 Å². The molecule has 0 unspecified atom stereocenters. The first-order valence-electron chi connectivity index (χ1n) is 5.94. The molecule has 0 saturated carbocycles. The number of phenols is 1. The van der Waals surface area contributed by atoms with E-state index >= 15 is 0 Å². The normalized spacial score (nSPS) is 18.6. The van der Waals surface area contributed by atoms with Crippen molar-refractivity contribution in [2.24, 2.45) is 0 Å². The van der Waals surface area contributed by atoms with Gasteiger partial charge in [-0.05, 0) is 43.4 Å². The molecule has 2 rings (SSSR count). The van der Waals surface area contributed by atoms with Crippen LogP contribution in [0.2, 0.25) is 0 Å². The summed E-state index contributed by atoms with van der Waals surface area (Å²) in [5, 5.41) is 11.2. The molecule has 0 spiro atoms. The lowest BCUT2D eigenvalue weighted by Crippen LogP contribution is -2.24. The number of hydrogen-bond acceptors (Lipinski definition) is 4. The summed E-state index contributed by atoms with van der Waals surface area (Å²) in [6.45, 7) is 0. The summed E-state index contributed by atoms with van der Waals surface area (Å²) in [5.74, 6) is -0.0853. The Morgan fingerprint density at radius 1 is 1.17 bits per heavy atom. The van der Waals surface area contributed by atoms with Crippen LogP contribution < -0.4 is 5.32 Å². The Labute approximate surface area is 105 Å². The molecule has 0 aliphatic carbocycles. The fourth-order valence-electron chi connectivity index (χ4n) is 1.90. The van der Waals surface area contributed by atoms with Gasteiger partial charge in [0, 0.05) is 0 Å². The first-order valence-corrected chi connectivity index (χ1v) is 5.94. The van der Waals surface area contributed by atoms with Gasteiger partial charge in [-0.1, -0.05) is 12.1 Å². The second-order valence-electron chi connectivity index (χ2n) is 4.30. The molecule has 1 atom stereocenters. The summed E-state index contributed by atoms with van der Waals surface area (Å²) < 4.78 is 4.81. The summed E-state index contributed by atoms with van der Waals surface area (Å²) in [5.41, 5.74) is 1.14. The number of ether oxygens (including phenoxy) is 1. The van der Waals surface area contributed by atoms with Crippen LogP contribution in [0.3, 0.4) is 0 Å². The molecule has 2 amide bonds. The van der Waals surface area contributed by atoms with Gasteiger partial charge in [0.25, 0.3) is 5.91 Å². The minimum absolute atomic E-state index is 0.258. The molecule has 5 heteroatoms. The van der Waals surface area contributed by atoms with Gasteiger partial charge >= 0.3 is 6.09 Å². The van der Waals surface area contributed by atoms with Crippen molar-refractivity contribution in [1.29, 1.82) is 0 Å². The maximum absolute atomic E-state index is 11.2. The molecule has 5 nitrogen and oxygen atoms in total. The van der Waals surface area contributed by atoms with Crippen molar-refractivity contribution in [3.05, 3.63) is 29.8 Å². The van der Waals surface area contributed by atoms with Crippen LogP contribution >= 0.6 is 0 Å². The van der Waals surface area contributed by atoms with E-state index in [0.29, 0.717) is 6.42 Å². The highest BCUT2D eigenvalue weighted by atomic mass is 16.6. The van der Waals surface area contributed by atoms with Crippen LogP contribution in [0.1, 0.15) is 24.8 Å². The lowest BCUT2D eigenvalue weighted by atomic mass is 10.1. The zero-order valence-corrected chi connectivity index (χ0v) is 9.89. The number of carbonyl (C=O) groups excluding carboxylic acids is 2. The van der Waals surface area contributed by atoms with Crippen molar-refractivity contribution in [3.63, 3.8) is 0 Å². The van der Waals surface area contributed by atoms with E-state index in [0.717, 1.165) is 24.8 Å². The Morgan fingerprint density at radius 2 is 1.89 bits per heavy atom. The molecule has 18 heavy (non-hydrogen) atoms. The van der Waals surface area contributed by atoms with Crippen molar-refractivity contribution in [2.45, 2.75) is 31.8 Å². The number of aromatic hydroxyl groups is 1. The van der Waals surface area contributed by atoms with E-state index < -0.39 is 12.2 Å². The lowest BCUT2D eigenvalue weighted by molar-refractivity contribution is -0.123. The molecule has 0 aromatic heterocycles. The van der Waals surface area contributed by atoms with Gasteiger partial charge in [-0.3, -0.25) is 10.1 Å². The van der Waals surface area contributed by atoms with Gasteiger partial charge < -0.3 is 9.84 Å². The van der Waals surface area contributed by atoms with E-state index in [1.807, 2.05) is 12.1 Å². The Kier molecular flexibility index (Phi) is 3.82. The number of aryl methyl sites for hydroxylation is 1. The Hall–Kier alpha value is -2.04. The quantitative estimate of drug-likeness (QED) is 0.779. The van der Waals surface area contributed by atoms with Crippen LogP contribution in [-0.2, 0) is 16.0 Å². The molecule has 1 heterocycles. The highest BCUT2D eigenvalue weighted by Gasteiger charge is 2.31. The van der Waals surface area contributed by atoms with E-state index in [2.05, 4.69) is 5.32 Å². The first-order chi connectivity index (χ1) is 8.65. The maximum atomic E-state index is 11.2. The van der Waals surface area contributed by atoms with Crippen LogP contribution in [-0.4, -0.2) is 23.2 Å². The highest BCUT2D eigenvalue weighted by Crippen LogP contribution is 2.15. The fraction of sp³-hybridized carbons (Fsp3) is 0.385. The number of rotatable bonds is 5. The summed E-state index contributed by atoms with van der Waals surface area (Å²) in [7, 11) is 0. The zero-order chi connectivity index (χ0) is 13.0. The predicted octanol–water partition coefficient (Wildman–Crippen LogP) is 1.74. The van der Waals surface area contributed by atoms with Crippen molar-refractivity contribution in [1.82, 2.24) is 5.32 Å². The van der Waals surface area contributed by atoms with Crippen LogP contribution in [0, 0.1) is 0 Å². The third-order valence-corrected chi connectivity index (χ3v) is 2.89. The minimum Gasteiger partial charge on any atom is -0.508 e. The number of nitrogens with one attached hydrogen (secondary N) is 1. The smallest absolute Gasteiger partial charge is 0.414 e. The maximum Gasteiger partial charge on any atom is 0.414 e. The largest absolute Gasteiger partial charge is 0.508 e. The van der Waals surface area contributed by atoms with Crippen molar-refractivity contribution >= 4 is 12.0 Å². The molecule has 96 valence electrons. The average Bonchev–Trinajstić information content (AvgIpc) is 2.66. The fourth-order valence-corrected chi connectivity index (χ4v) is 1.90. The van der Waals surface area contributed by atoms with Gasteiger partial charge in [-0.25, -0.2) is 4.79 Å². The second-order valence-corrected chi connectivity index (χ2v) is 4.30. The van der Waals surface area contributed by atoms with Crippen LogP contribution in [0.4, 0.5) is 4.79 Å². The number of amides is 2. The molecule has 1 aliphatic rings. The van der Waals surface area contributed by atoms with Crippen molar-refractivity contribution < 1.29 is 19.4 Å². The van der Waals surface area contributed by atoms with Crippen LogP contribution in [0.5, 0.6) is 5.75 Å². The highest BCUT2D eigenvalue weighted by molar-refractivity contribution is 5.99. The first kappa shape index (κ1) is 12.4. The lowest BCUT2D eigenvalue weighted by Gasteiger charge is -2.06. The summed E-state index contributed by atoms with van der Waals surface area (Å²) >= 11 is 0. The van der Waals surface area contributed by atoms with Gasteiger partial charge in [0.1, 0.15) is 5.75 Å². The van der Waals surface area contributed by atoms with Crippen molar-refractivity contribution in [2.75, 3.05) is 0 Å². The van der Waals surface area contributed by atoms with E-state index in [-0.39, 0.29) is 11.7 Å². The van der Waals surface area contributed by atoms with Gasteiger partial charge in [0.05, 0.1) is 0 Å². The summed E-state index contributed by atoms with van der Waals surface area (Å²) in [6, 6.07) is 7.05. The zero-order valence-electron chi connectivity index (χ0n) is 9.89. The molecule has 1 aromatic carbocycles. The molecule has 1 aliphatic heterocycles. The van der Waals surface area contributed by atoms with Crippen LogP contribution in [0.25, 0.3) is 0 Å². The average molecular weight is 249 g/mol. The third-order valence-electron chi connectivity index (χ3n) is 2.89. The molecule has 1 saturated heterocycles. The minimum atomic E-state index is -0.650. The van der Waals surface area contributed by atoms with Crippen LogP contribution in [0.15, 0.2) is 24.3 Å². The number of imide groups is 1. The number of unbranched alkanes of at least 4 members (excludes halogenated alkanes) is 1. The Bertz CT molecular complexity index is 441. The summed E-state index contributed by atoms with van der Waals surface area (Å²) in [6.07, 6.45) is 1.87. The number of carbonyl (C=O) groups is 2. The number of alkyl carbamates (subject to hydrolysis) is 1. The van der Waals surface area contributed by atoms with Gasteiger partial charge in [0.2, 0.25) is 0 Å². The van der Waals surface area contributed by atoms with E-state index in [9.17, 15) is 9.59 Å². The number of phenolic OH excluding ortho intramolecular Hbond substituents is 1.